The van der Waals surface area contributed by atoms with Crippen molar-refractivity contribution < 1.29 is 20.1 Å². The van der Waals surface area contributed by atoms with E-state index in [9.17, 15) is 15.0 Å². The second-order valence-corrected chi connectivity index (χ2v) is 3.75. The van der Waals surface area contributed by atoms with Gasteiger partial charge in [-0.3, -0.25) is 4.79 Å². The van der Waals surface area contributed by atoms with E-state index in [2.05, 4.69) is 10.3 Å². The predicted molar refractivity (Wildman–Crippen MR) is 61.3 cm³/mol. The number of nitrogens with one attached hydrogen (secondary N) is 1. The molecule has 0 radical (unpaired) electrons. The second kappa shape index (κ2) is 5.72. The summed E-state index contributed by atoms with van der Waals surface area (Å²) >= 11 is 0. The van der Waals surface area contributed by atoms with Gasteiger partial charge in [0.15, 0.2) is 0 Å². The Morgan fingerprint density at radius 3 is 2.59 bits per heavy atom. The highest BCUT2D eigenvalue weighted by atomic mass is 16.4. The molecular formula is C11H16N2O4. The van der Waals surface area contributed by atoms with Crippen LogP contribution in [0.25, 0.3) is 0 Å². The lowest BCUT2D eigenvalue weighted by molar-refractivity contribution is -0.114. The van der Waals surface area contributed by atoms with Gasteiger partial charge in [0.1, 0.15) is 18.0 Å². The first-order chi connectivity index (χ1) is 7.95. The minimum absolute atomic E-state index is 0.236. The lowest BCUT2D eigenvalue weighted by Crippen LogP contribution is -2.23. The fourth-order valence-corrected chi connectivity index (χ4v) is 1.44. The van der Waals surface area contributed by atoms with E-state index in [0.717, 1.165) is 0 Å². The fourth-order valence-electron chi connectivity index (χ4n) is 1.44. The van der Waals surface area contributed by atoms with E-state index < -0.39 is 18.8 Å². The third kappa shape index (κ3) is 3.48. The van der Waals surface area contributed by atoms with Crippen LogP contribution in [0.2, 0.25) is 0 Å². The summed E-state index contributed by atoms with van der Waals surface area (Å²) in [6.07, 6.45) is -2.44. The molecule has 0 fully saturated rings. The van der Waals surface area contributed by atoms with E-state index in [-0.39, 0.29) is 5.91 Å². The number of anilines is 1. The molecule has 1 heterocycles. The molecule has 2 atom stereocenters. The molecule has 0 aliphatic carbocycles. The first-order valence-electron chi connectivity index (χ1n) is 5.17. The summed E-state index contributed by atoms with van der Waals surface area (Å²) in [4.78, 5) is 14.9. The van der Waals surface area contributed by atoms with Crippen LogP contribution < -0.4 is 5.32 Å². The Morgan fingerprint density at radius 1 is 1.47 bits per heavy atom. The Morgan fingerprint density at radius 2 is 2.12 bits per heavy atom. The third-order valence-electron chi connectivity index (χ3n) is 2.30. The average molecular weight is 240 g/mol. The van der Waals surface area contributed by atoms with E-state index in [1.807, 2.05) is 0 Å². The molecular weight excluding hydrogens is 224 g/mol. The van der Waals surface area contributed by atoms with Crippen LogP contribution >= 0.6 is 0 Å². The van der Waals surface area contributed by atoms with Gasteiger partial charge in [-0.2, -0.15) is 0 Å². The van der Waals surface area contributed by atoms with Crippen LogP contribution in [0.4, 0.5) is 5.82 Å². The molecule has 0 aliphatic rings. The molecule has 94 valence electrons. The molecule has 0 aliphatic heterocycles. The highest BCUT2D eigenvalue weighted by Gasteiger charge is 2.20. The van der Waals surface area contributed by atoms with Crippen molar-refractivity contribution in [2.75, 3.05) is 11.9 Å². The second-order valence-electron chi connectivity index (χ2n) is 3.75. The molecule has 1 aromatic heterocycles. The molecule has 6 heteroatoms. The number of carbonyl (C=O) groups is 1. The van der Waals surface area contributed by atoms with Crippen molar-refractivity contribution in [1.29, 1.82) is 0 Å². The van der Waals surface area contributed by atoms with Gasteiger partial charge in [-0.05, 0) is 13.0 Å². The summed E-state index contributed by atoms with van der Waals surface area (Å²) in [5, 5.41) is 30.3. The van der Waals surface area contributed by atoms with Crippen LogP contribution in [0.5, 0.6) is 0 Å². The number of hydrogen-bond donors (Lipinski definition) is 4. The molecule has 1 aromatic rings. The summed E-state index contributed by atoms with van der Waals surface area (Å²) in [6.45, 7) is 2.48. The van der Waals surface area contributed by atoms with Crippen molar-refractivity contribution >= 4 is 11.7 Å². The molecule has 4 N–H and O–H groups in total. The molecule has 1 amide bonds. The number of hydrogen-bond acceptors (Lipinski definition) is 5. The van der Waals surface area contributed by atoms with Gasteiger partial charge in [0.05, 0.1) is 6.61 Å². The van der Waals surface area contributed by atoms with E-state index in [1.165, 1.54) is 13.0 Å². The van der Waals surface area contributed by atoms with Crippen LogP contribution in [-0.4, -0.2) is 38.9 Å². The summed E-state index contributed by atoms with van der Waals surface area (Å²) in [5.74, 6) is 0.144. The molecule has 0 bridgehead atoms. The molecule has 6 nitrogen and oxygen atoms in total. The monoisotopic (exact) mass is 240 g/mol. The summed E-state index contributed by atoms with van der Waals surface area (Å²) in [6, 6.07) is 3.08. The van der Waals surface area contributed by atoms with Gasteiger partial charge >= 0.3 is 0 Å². The van der Waals surface area contributed by atoms with Crippen LogP contribution in [0.1, 0.15) is 24.3 Å². The first kappa shape index (κ1) is 13.6. The van der Waals surface area contributed by atoms with Crippen molar-refractivity contribution in [3.05, 3.63) is 23.4 Å². The van der Waals surface area contributed by atoms with Gasteiger partial charge in [-0.15, -0.1) is 0 Å². The van der Waals surface area contributed by atoms with Gasteiger partial charge in [0.2, 0.25) is 5.91 Å². The first-order valence-corrected chi connectivity index (χ1v) is 5.17. The molecule has 0 aromatic carbocycles. The topological polar surface area (TPSA) is 103 Å². The van der Waals surface area contributed by atoms with Crippen molar-refractivity contribution in [3.8, 4) is 0 Å². The number of carbonyl (C=O) groups excluding carboxylic acids is 1. The zero-order valence-corrected chi connectivity index (χ0v) is 9.71. The van der Waals surface area contributed by atoms with Gasteiger partial charge in [-0.1, -0.05) is 6.07 Å². The van der Waals surface area contributed by atoms with Crippen LogP contribution in [-0.2, 0) is 4.79 Å². The molecule has 2 unspecified atom stereocenters. The summed E-state index contributed by atoms with van der Waals surface area (Å²) < 4.78 is 0. The Bertz CT molecular complexity index is 408. The van der Waals surface area contributed by atoms with Crippen molar-refractivity contribution in [2.45, 2.75) is 26.1 Å². The third-order valence-corrected chi connectivity index (χ3v) is 2.30. The van der Waals surface area contributed by atoms with Crippen LogP contribution in [0, 0.1) is 6.92 Å². The highest BCUT2D eigenvalue weighted by molar-refractivity contribution is 5.87. The Hall–Kier alpha value is -1.50. The molecule has 0 spiro atoms. The number of aryl methyl sites for hydroxylation is 1. The van der Waals surface area contributed by atoms with Crippen molar-refractivity contribution in [3.63, 3.8) is 0 Å². The highest BCUT2D eigenvalue weighted by Crippen LogP contribution is 2.21. The Labute approximate surface area is 98.9 Å². The number of rotatable bonds is 4. The minimum atomic E-state index is -1.25. The van der Waals surface area contributed by atoms with E-state index >= 15 is 0 Å². The average Bonchev–Trinajstić information content (AvgIpc) is 2.26. The van der Waals surface area contributed by atoms with E-state index in [1.54, 1.807) is 13.0 Å². The van der Waals surface area contributed by atoms with Crippen LogP contribution in [0.15, 0.2) is 12.1 Å². The lowest BCUT2D eigenvalue weighted by atomic mass is 10.0. The minimum Gasteiger partial charge on any atom is -0.394 e. The largest absolute Gasteiger partial charge is 0.394 e. The molecule has 0 saturated carbocycles. The van der Waals surface area contributed by atoms with Crippen LogP contribution in [0.3, 0.4) is 0 Å². The standard InChI is InChI=1S/C11H16N2O4/c1-6-8(11(17)9(16)5-14)3-4-10(12-6)13-7(2)15/h3-4,9,11,14,16-17H,5H2,1-2H3,(H,12,13,15). The summed E-state index contributed by atoms with van der Waals surface area (Å²) in [7, 11) is 0. The Balaban J connectivity index is 2.93. The zero-order valence-electron chi connectivity index (χ0n) is 9.71. The van der Waals surface area contributed by atoms with E-state index in [4.69, 9.17) is 5.11 Å². The van der Waals surface area contributed by atoms with Gasteiger partial charge in [-0.25, -0.2) is 4.98 Å². The molecule has 0 saturated heterocycles. The lowest BCUT2D eigenvalue weighted by Gasteiger charge is -2.17. The maximum absolute atomic E-state index is 10.8. The van der Waals surface area contributed by atoms with E-state index in [0.29, 0.717) is 17.1 Å². The van der Waals surface area contributed by atoms with Gasteiger partial charge in [0.25, 0.3) is 0 Å². The number of aromatic nitrogens is 1. The quantitative estimate of drug-likeness (QED) is 0.580. The number of amides is 1. The number of aliphatic hydroxyl groups is 3. The molecule has 17 heavy (non-hydrogen) atoms. The molecule has 1 rings (SSSR count). The maximum Gasteiger partial charge on any atom is 0.222 e. The fraction of sp³-hybridized carbons (Fsp3) is 0.455. The van der Waals surface area contributed by atoms with Gasteiger partial charge < -0.3 is 20.6 Å². The van der Waals surface area contributed by atoms with Crippen molar-refractivity contribution in [2.24, 2.45) is 0 Å². The summed E-state index contributed by atoms with van der Waals surface area (Å²) in [5.41, 5.74) is 0.900. The normalized spacial score (nSPS) is 14.2. The maximum atomic E-state index is 10.8. The smallest absolute Gasteiger partial charge is 0.222 e. The zero-order chi connectivity index (χ0) is 13.0. The number of nitrogens with zero attached hydrogens (tertiary/aromatic N) is 1. The predicted octanol–water partition coefficient (Wildman–Crippen LogP) is -0.265. The number of pyridine rings is 1. The Kier molecular flexibility index (Phi) is 4.56. The van der Waals surface area contributed by atoms with Crippen molar-refractivity contribution in [1.82, 2.24) is 4.98 Å². The SMILES string of the molecule is CC(=O)Nc1ccc(C(O)C(O)CO)c(C)n1. The number of aliphatic hydroxyl groups excluding tert-OH is 3. The van der Waals surface area contributed by atoms with Gasteiger partial charge in [0, 0.05) is 18.2 Å².